The SMILES string of the molecule is CS(=O)(=O)c1ccc(-c2ccc(Cn3cnn(CC(CN)=C(F)F)c3=O)s2)cc1.O=C(O)C(F)(F)F. The van der Waals surface area contributed by atoms with Crippen molar-refractivity contribution in [2.45, 2.75) is 24.2 Å². The lowest BCUT2D eigenvalue weighted by Crippen LogP contribution is -2.27. The molecule has 0 radical (unpaired) electrons. The Balaban J connectivity index is 0.000000572. The number of aromatic nitrogens is 3. The van der Waals surface area contributed by atoms with E-state index in [1.807, 2.05) is 12.1 Å². The Kier molecular flexibility index (Phi) is 9.28. The number of carboxylic acid groups (broad SMARTS) is 1. The number of hydrogen-bond donors (Lipinski definition) is 2. The number of sulfone groups is 1. The number of hydrogen-bond acceptors (Lipinski definition) is 7. The highest BCUT2D eigenvalue weighted by molar-refractivity contribution is 7.90. The smallest absolute Gasteiger partial charge is 0.475 e. The van der Waals surface area contributed by atoms with E-state index in [0.29, 0.717) is 0 Å². The van der Waals surface area contributed by atoms with Crippen molar-refractivity contribution in [3.63, 3.8) is 0 Å². The minimum absolute atomic E-state index is 0.241. The van der Waals surface area contributed by atoms with Gasteiger partial charge in [0.25, 0.3) is 6.08 Å². The average molecular weight is 555 g/mol. The Morgan fingerprint density at radius 3 is 2.19 bits per heavy atom. The van der Waals surface area contributed by atoms with Crippen LogP contribution in [0.3, 0.4) is 0 Å². The Labute approximate surface area is 204 Å². The Bertz CT molecular complexity index is 1400. The first kappa shape index (κ1) is 28.9. The molecule has 3 N–H and O–H groups in total. The predicted molar refractivity (Wildman–Crippen MR) is 120 cm³/mol. The van der Waals surface area contributed by atoms with Gasteiger partial charge in [0.1, 0.15) is 6.33 Å². The first-order chi connectivity index (χ1) is 16.6. The van der Waals surface area contributed by atoms with Crippen LogP contribution in [0.2, 0.25) is 0 Å². The van der Waals surface area contributed by atoms with Gasteiger partial charge in [0.05, 0.1) is 18.0 Å². The third kappa shape index (κ3) is 7.82. The van der Waals surface area contributed by atoms with Gasteiger partial charge in [-0.25, -0.2) is 22.7 Å². The molecule has 0 spiro atoms. The van der Waals surface area contributed by atoms with Gasteiger partial charge in [0, 0.05) is 28.1 Å². The van der Waals surface area contributed by atoms with Crippen LogP contribution in [0.15, 0.2) is 64.1 Å². The van der Waals surface area contributed by atoms with Crippen molar-refractivity contribution in [2.24, 2.45) is 5.73 Å². The maximum Gasteiger partial charge on any atom is 0.490 e. The summed E-state index contributed by atoms with van der Waals surface area (Å²) in [5, 5.41) is 11.0. The lowest BCUT2D eigenvalue weighted by Gasteiger charge is -2.02. The molecule has 0 saturated heterocycles. The summed E-state index contributed by atoms with van der Waals surface area (Å²) in [5.74, 6) is -2.76. The lowest BCUT2D eigenvalue weighted by molar-refractivity contribution is -0.192. The normalized spacial score (nSPS) is 11.5. The molecule has 2 aromatic heterocycles. The summed E-state index contributed by atoms with van der Waals surface area (Å²) in [6, 6.07) is 10.3. The topological polar surface area (TPSA) is 137 Å². The Hall–Kier alpha value is -3.37. The minimum Gasteiger partial charge on any atom is -0.475 e. The van der Waals surface area contributed by atoms with Crippen molar-refractivity contribution in [3.05, 3.63) is 69.7 Å². The highest BCUT2D eigenvalue weighted by Crippen LogP contribution is 2.29. The summed E-state index contributed by atoms with van der Waals surface area (Å²) in [4.78, 5) is 23.3. The number of benzene rings is 1. The van der Waals surface area contributed by atoms with Crippen molar-refractivity contribution in [3.8, 4) is 10.4 Å². The number of thiophene rings is 1. The highest BCUT2D eigenvalue weighted by Gasteiger charge is 2.38. The van der Waals surface area contributed by atoms with E-state index in [1.54, 1.807) is 24.3 Å². The molecular formula is C20H19F5N4O5S2. The molecule has 0 bridgehead atoms. The van der Waals surface area contributed by atoms with Crippen LogP contribution in [0.25, 0.3) is 10.4 Å². The molecule has 0 amide bonds. The second-order valence-corrected chi connectivity index (χ2v) is 10.3. The maximum atomic E-state index is 12.7. The van der Waals surface area contributed by atoms with E-state index in [0.717, 1.165) is 26.3 Å². The van der Waals surface area contributed by atoms with Gasteiger partial charge in [-0.05, 0) is 29.8 Å². The molecule has 2 heterocycles. The standard InChI is InChI=1S/C18H18F2N4O3S2.C2HF3O2/c1-29(26,27)15-5-2-12(3-6-15)16-7-4-14(28-16)10-23-11-22-24(18(23)25)9-13(8-21)17(19)20;3-2(4,5)1(6)7/h2-7,11H,8-10,21H2,1H3;(H,6,7). The summed E-state index contributed by atoms with van der Waals surface area (Å²) in [7, 11) is -3.26. The van der Waals surface area contributed by atoms with Gasteiger partial charge in [0.2, 0.25) is 0 Å². The molecular weight excluding hydrogens is 535 g/mol. The van der Waals surface area contributed by atoms with Crippen LogP contribution in [-0.4, -0.2) is 52.8 Å². The predicted octanol–water partition coefficient (Wildman–Crippen LogP) is 2.97. The fraction of sp³-hybridized carbons (Fsp3) is 0.250. The largest absolute Gasteiger partial charge is 0.490 e. The lowest BCUT2D eigenvalue weighted by atomic mass is 10.2. The molecule has 0 saturated carbocycles. The van der Waals surface area contributed by atoms with Gasteiger partial charge in [-0.15, -0.1) is 11.3 Å². The summed E-state index contributed by atoms with van der Waals surface area (Å²) in [6.07, 6.45) is -4.54. The number of carboxylic acids is 1. The van der Waals surface area contributed by atoms with Crippen molar-refractivity contribution in [1.29, 1.82) is 0 Å². The quantitative estimate of drug-likeness (QED) is 0.429. The van der Waals surface area contributed by atoms with Gasteiger partial charge in [-0.1, -0.05) is 12.1 Å². The Morgan fingerprint density at radius 1 is 1.14 bits per heavy atom. The van der Waals surface area contributed by atoms with Crippen molar-refractivity contribution >= 4 is 27.1 Å². The molecule has 9 nitrogen and oxygen atoms in total. The van der Waals surface area contributed by atoms with Crippen LogP contribution in [0.1, 0.15) is 4.88 Å². The van der Waals surface area contributed by atoms with Crippen molar-refractivity contribution < 1.29 is 40.3 Å². The molecule has 0 aliphatic heterocycles. The molecule has 0 aliphatic rings. The van der Waals surface area contributed by atoms with Crippen LogP contribution in [0, 0.1) is 0 Å². The summed E-state index contributed by atoms with van der Waals surface area (Å²) in [5.41, 5.74) is 5.28. The third-order valence-electron chi connectivity index (χ3n) is 4.45. The molecule has 3 aromatic rings. The molecule has 36 heavy (non-hydrogen) atoms. The van der Waals surface area contributed by atoms with Crippen LogP contribution in [0.5, 0.6) is 0 Å². The number of aliphatic carboxylic acids is 1. The van der Waals surface area contributed by atoms with Gasteiger partial charge >= 0.3 is 17.8 Å². The summed E-state index contributed by atoms with van der Waals surface area (Å²) in [6.45, 7) is -0.466. The fourth-order valence-electron chi connectivity index (χ4n) is 2.62. The van der Waals surface area contributed by atoms with Crippen molar-refractivity contribution in [2.75, 3.05) is 12.8 Å². The molecule has 0 unspecified atom stereocenters. The van der Waals surface area contributed by atoms with Gasteiger partial charge in [0.15, 0.2) is 9.84 Å². The van der Waals surface area contributed by atoms with E-state index in [4.69, 9.17) is 15.6 Å². The maximum absolute atomic E-state index is 12.7. The zero-order chi connectivity index (χ0) is 27.3. The molecule has 3 rings (SSSR count). The number of carbonyl (C=O) groups is 1. The van der Waals surface area contributed by atoms with E-state index < -0.39 is 33.8 Å². The summed E-state index contributed by atoms with van der Waals surface area (Å²) < 4.78 is 82.6. The fourth-order valence-corrected chi connectivity index (χ4v) is 4.27. The average Bonchev–Trinajstić information content (AvgIpc) is 3.38. The van der Waals surface area contributed by atoms with Crippen LogP contribution in [0.4, 0.5) is 22.0 Å². The van der Waals surface area contributed by atoms with E-state index in [9.17, 15) is 35.2 Å². The minimum atomic E-state index is -5.08. The Morgan fingerprint density at radius 2 is 1.72 bits per heavy atom. The first-order valence-corrected chi connectivity index (χ1v) is 12.4. The first-order valence-electron chi connectivity index (χ1n) is 9.68. The third-order valence-corrected chi connectivity index (χ3v) is 6.70. The number of nitrogens with two attached hydrogens (primary N) is 1. The second-order valence-electron chi connectivity index (χ2n) is 7.13. The van der Waals surface area contributed by atoms with Gasteiger partial charge in [-0.2, -0.15) is 27.1 Å². The highest BCUT2D eigenvalue weighted by atomic mass is 32.2. The van der Waals surface area contributed by atoms with E-state index in [2.05, 4.69) is 5.10 Å². The van der Waals surface area contributed by atoms with Crippen LogP contribution < -0.4 is 11.4 Å². The zero-order valence-corrected chi connectivity index (χ0v) is 20.0. The van der Waals surface area contributed by atoms with Crippen LogP contribution >= 0.6 is 11.3 Å². The molecule has 0 fully saturated rings. The molecule has 0 aliphatic carbocycles. The second kappa shape index (κ2) is 11.6. The van der Waals surface area contributed by atoms with Crippen LogP contribution in [-0.2, 0) is 27.7 Å². The molecule has 0 atom stereocenters. The van der Waals surface area contributed by atoms with Crippen molar-refractivity contribution in [1.82, 2.24) is 14.3 Å². The summed E-state index contributed by atoms with van der Waals surface area (Å²) >= 11 is 1.44. The number of alkyl halides is 3. The van der Waals surface area contributed by atoms with E-state index in [1.165, 1.54) is 22.2 Å². The number of halogens is 5. The number of nitrogens with zero attached hydrogens (tertiary/aromatic N) is 3. The van der Waals surface area contributed by atoms with Gasteiger partial charge in [-0.3, -0.25) is 4.57 Å². The van der Waals surface area contributed by atoms with E-state index in [-0.39, 0.29) is 30.1 Å². The monoisotopic (exact) mass is 554 g/mol. The zero-order valence-electron chi connectivity index (χ0n) is 18.4. The molecule has 1 aromatic carbocycles. The molecule has 196 valence electrons. The molecule has 16 heteroatoms. The number of rotatable bonds is 7. The van der Waals surface area contributed by atoms with E-state index >= 15 is 0 Å². The van der Waals surface area contributed by atoms with Gasteiger partial charge < -0.3 is 10.8 Å².